The third-order valence-corrected chi connectivity index (χ3v) is 3.93. The largest absolute Gasteiger partial charge is 0.480 e. The van der Waals surface area contributed by atoms with Gasteiger partial charge in [-0.2, -0.15) is 0 Å². The molecule has 1 aliphatic rings. The average Bonchev–Trinajstić information content (AvgIpc) is 3.31. The summed E-state index contributed by atoms with van der Waals surface area (Å²) in [5, 5.41) is 14.3. The number of benzene rings is 1. The second-order valence-electron chi connectivity index (χ2n) is 6.16. The maximum absolute atomic E-state index is 13.0. The number of nitrogens with one attached hydrogen (secondary N) is 2. The highest BCUT2D eigenvalue weighted by molar-refractivity contribution is 5.90. The van der Waals surface area contributed by atoms with Crippen molar-refractivity contribution >= 4 is 17.8 Å². The number of carbonyl (C=O) groups is 3. The van der Waals surface area contributed by atoms with E-state index in [1.807, 2.05) is 0 Å². The molecule has 1 aliphatic carbocycles. The van der Waals surface area contributed by atoms with E-state index in [1.54, 1.807) is 0 Å². The normalized spacial score (nSPS) is 16.1. The number of aliphatic carboxylic acids is 1. The molecule has 2 amide bonds. The lowest BCUT2D eigenvalue weighted by atomic mass is 10.0. The number of carboxylic acid groups (broad SMARTS) is 1. The third kappa shape index (κ3) is 5.64. The Morgan fingerprint density at radius 2 is 1.79 bits per heavy atom. The van der Waals surface area contributed by atoms with Crippen molar-refractivity contribution in [2.45, 2.75) is 44.7 Å². The highest BCUT2D eigenvalue weighted by atomic mass is 19.1. The molecule has 130 valence electrons. The van der Waals surface area contributed by atoms with Gasteiger partial charge in [0.15, 0.2) is 0 Å². The fraction of sp³-hybridized carbons (Fsp3) is 0.471. The van der Waals surface area contributed by atoms with Gasteiger partial charge in [-0.25, -0.2) is 9.18 Å². The molecule has 0 heterocycles. The van der Waals surface area contributed by atoms with Gasteiger partial charge in [-0.3, -0.25) is 9.59 Å². The van der Waals surface area contributed by atoms with E-state index >= 15 is 0 Å². The molecule has 0 aromatic heterocycles. The number of halogens is 1. The number of amides is 2. The van der Waals surface area contributed by atoms with E-state index in [0.717, 1.165) is 12.8 Å². The first-order valence-electron chi connectivity index (χ1n) is 7.90. The van der Waals surface area contributed by atoms with Crippen LogP contribution in [0.3, 0.4) is 0 Å². The molecule has 1 saturated carbocycles. The average molecular weight is 336 g/mol. The minimum absolute atomic E-state index is 0.154. The van der Waals surface area contributed by atoms with Crippen LogP contribution in [0.15, 0.2) is 24.3 Å². The van der Waals surface area contributed by atoms with Crippen molar-refractivity contribution in [1.82, 2.24) is 10.6 Å². The van der Waals surface area contributed by atoms with Gasteiger partial charge in [0.1, 0.15) is 17.9 Å². The smallest absolute Gasteiger partial charge is 0.326 e. The van der Waals surface area contributed by atoms with Crippen molar-refractivity contribution in [2.24, 2.45) is 5.92 Å². The Kier molecular flexibility index (Phi) is 5.89. The molecule has 0 spiro atoms. The zero-order valence-electron chi connectivity index (χ0n) is 13.4. The van der Waals surface area contributed by atoms with E-state index in [2.05, 4.69) is 10.6 Å². The Balaban J connectivity index is 2.04. The second kappa shape index (κ2) is 7.90. The number of rotatable bonds is 8. The van der Waals surface area contributed by atoms with Crippen LogP contribution < -0.4 is 10.6 Å². The van der Waals surface area contributed by atoms with Crippen molar-refractivity contribution in [3.8, 4) is 0 Å². The van der Waals surface area contributed by atoms with Crippen LogP contribution in [-0.4, -0.2) is 35.0 Å². The zero-order valence-corrected chi connectivity index (χ0v) is 13.4. The quantitative estimate of drug-likeness (QED) is 0.666. The predicted octanol–water partition coefficient (Wildman–Crippen LogP) is 1.24. The monoisotopic (exact) mass is 336 g/mol. The van der Waals surface area contributed by atoms with Gasteiger partial charge in [-0.05, 0) is 30.0 Å². The molecule has 0 unspecified atom stereocenters. The molecule has 3 N–H and O–H groups in total. The maximum Gasteiger partial charge on any atom is 0.326 e. The standard InChI is InChI=1S/C17H21FN2O4/c1-10(21)19-14(8-12-4-6-13(18)7-5-12)16(22)20-15(17(23)24)9-11-2-3-11/h4-7,11,14-15H,2-3,8-9H2,1H3,(H,19,21)(H,20,22)(H,23,24)/t14-,15-/m0/s1. The Morgan fingerprint density at radius 3 is 2.29 bits per heavy atom. The molecule has 0 aliphatic heterocycles. The van der Waals surface area contributed by atoms with Crippen molar-refractivity contribution in [3.63, 3.8) is 0 Å². The van der Waals surface area contributed by atoms with E-state index < -0.39 is 35.7 Å². The van der Waals surface area contributed by atoms with Crippen LogP contribution in [0.2, 0.25) is 0 Å². The third-order valence-electron chi connectivity index (χ3n) is 3.93. The summed E-state index contributed by atoms with van der Waals surface area (Å²) in [5.74, 6) is -2.09. The second-order valence-corrected chi connectivity index (χ2v) is 6.16. The summed E-state index contributed by atoms with van der Waals surface area (Å²) in [4.78, 5) is 35.0. The molecule has 0 radical (unpaired) electrons. The summed E-state index contributed by atoms with van der Waals surface area (Å²) < 4.78 is 13.0. The van der Waals surface area contributed by atoms with Crippen LogP contribution in [0.5, 0.6) is 0 Å². The summed E-state index contributed by atoms with van der Waals surface area (Å²) in [6, 6.07) is 3.71. The topological polar surface area (TPSA) is 95.5 Å². The molecule has 24 heavy (non-hydrogen) atoms. The molecular weight excluding hydrogens is 315 g/mol. The van der Waals surface area contributed by atoms with Crippen molar-refractivity contribution in [2.75, 3.05) is 0 Å². The molecule has 0 bridgehead atoms. The first-order chi connectivity index (χ1) is 11.3. The highest BCUT2D eigenvalue weighted by Gasteiger charge is 2.32. The Bertz CT molecular complexity index is 614. The van der Waals surface area contributed by atoms with Gasteiger partial charge >= 0.3 is 5.97 Å². The molecule has 1 aromatic rings. The summed E-state index contributed by atoms with van der Waals surface area (Å²) in [6.07, 6.45) is 2.50. The lowest BCUT2D eigenvalue weighted by Crippen LogP contribution is -2.52. The maximum atomic E-state index is 13.0. The van der Waals surface area contributed by atoms with Crippen LogP contribution in [0.4, 0.5) is 4.39 Å². The number of hydrogen-bond acceptors (Lipinski definition) is 3. The number of carbonyl (C=O) groups excluding carboxylic acids is 2. The Labute approximate surface area is 139 Å². The molecule has 1 fully saturated rings. The van der Waals surface area contributed by atoms with E-state index in [1.165, 1.54) is 31.2 Å². The van der Waals surface area contributed by atoms with Gasteiger partial charge in [0.2, 0.25) is 11.8 Å². The molecule has 1 aromatic carbocycles. The number of carboxylic acids is 1. The molecule has 0 saturated heterocycles. The van der Waals surface area contributed by atoms with E-state index in [0.29, 0.717) is 17.9 Å². The van der Waals surface area contributed by atoms with Gasteiger partial charge in [-0.15, -0.1) is 0 Å². The van der Waals surface area contributed by atoms with Crippen LogP contribution in [-0.2, 0) is 20.8 Å². The molecular formula is C17H21FN2O4. The van der Waals surface area contributed by atoms with Gasteiger partial charge in [0, 0.05) is 13.3 Å². The minimum Gasteiger partial charge on any atom is -0.480 e. The lowest BCUT2D eigenvalue weighted by Gasteiger charge is -2.21. The van der Waals surface area contributed by atoms with Gasteiger partial charge in [0.05, 0.1) is 0 Å². The van der Waals surface area contributed by atoms with Crippen LogP contribution in [0.1, 0.15) is 31.7 Å². The van der Waals surface area contributed by atoms with Gasteiger partial charge in [-0.1, -0.05) is 25.0 Å². The molecule has 2 atom stereocenters. The highest BCUT2D eigenvalue weighted by Crippen LogP contribution is 2.33. The van der Waals surface area contributed by atoms with Crippen LogP contribution in [0, 0.1) is 11.7 Å². The number of hydrogen-bond donors (Lipinski definition) is 3. The van der Waals surface area contributed by atoms with Crippen molar-refractivity contribution in [3.05, 3.63) is 35.6 Å². The predicted molar refractivity (Wildman–Crippen MR) is 84.6 cm³/mol. The van der Waals surface area contributed by atoms with Gasteiger partial charge < -0.3 is 15.7 Å². The summed E-state index contributed by atoms with van der Waals surface area (Å²) in [5.41, 5.74) is 0.666. The van der Waals surface area contributed by atoms with E-state index in [4.69, 9.17) is 0 Å². The fourth-order valence-electron chi connectivity index (χ4n) is 2.49. The van der Waals surface area contributed by atoms with Crippen LogP contribution in [0.25, 0.3) is 0 Å². The van der Waals surface area contributed by atoms with Crippen molar-refractivity contribution in [1.29, 1.82) is 0 Å². The lowest BCUT2D eigenvalue weighted by molar-refractivity contribution is -0.142. The summed E-state index contributed by atoms with van der Waals surface area (Å²) in [6.45, 7) is 1.28. The summed E-state index contributed by atoms with van der Waals surface area (Å²) in [7, 11) is 0. The SMILES string of the molecule is CC(=O)N[C@@H](Cc1ccc(F)cc1)C(=O)N[C@@H](CC1CC1)C(=O)O. The van der Waals surface area contributed by atoms with E-state index in [-0.39, 0.29) is 6.42 Å². The first kappa shape index (κ1) is 17.9. The fourth-order valence-corrected chi connectivity index (χ4v) is 2.49. The Hall–Kier alpha value is -2.44. The molecule has 2 rings (SSSR count). The van der Waals surface area contributed by atoms with Crippen molar-refractivity contribution < 1.29 is 23.9 Å². The first-order valence-corrected chi connectivity index (χ1v) is 7.90. The van der Waals surface area contributed by atoms with E-state index in [9.17, 15) is 23.9 Å². The Morgan fingerprint density at radius 1 is 1.17 bits per heavy atom. The summed E-state index contributed by atoms with van der Waals surface area (Å²) >= 11 is 0. The zero-order chi connectivity index (χ0) is 17.7. The minimum atomic E-state index is -1.08. The van der Waals surface area contributed by atoms with Crippen LogP contribution >= 0.6 is 0 Å². The molecule has 6 nitrogen and oxygen atoms in total. The molecule has 7 heteroatoms. The van der Waals surface area contributed by atoms with Gasteiger partial charge in [0.25, 0.3) is 0 Å².